The molecule has 3 aromatic rings. The van der Waals surface area contributed by atoms with Crippen molar-refractivity contribution in [3.05, 3.63) is 53.2 Å². The van der Waals surface area contributed by atoms with E-state index in [9.17, 15) is 0 Å². The zero-order valence-corrected chi connectivity index (χ0v) is 18.9. The fourth-order valence-electron chi connectivity index (χ4n) is 6.23. The minimum Gasteiger partial charge on any atom is -0.366 e. The van der Waals surface area contributed by atoms with Crippen LogP contribution in [-0.4, -0.2) is 30.8 Å². The van der Waals surface area contributed by atoms with Gasteiger partial charge in [-0.15, -0.1) is 0 Å². The first-order valence-electron chi connectivity index (χ1n) is 11.2. The molecule has 2 heterocycles. The van der Waals surface area contributed by atoms with E-state index in [4.69, 9.17) is 4.98 Å². The maximum atomic E-state index is 4.82. The molecule has 0 spiro atoms. The molecule has 4 aliphatic carbocycles. The SMILES string of the molecule is Brc1cnc(Nc2cccc(Cn3cncn3)c2)nc1NC1C2CC3CC(C2)CC1C3. The molecule has 2 aromatic heterocycles. The average Bonchev–Trinajstić information content (AvgIpc) is 3.26. The Labute approximate surface area is 190 Å². The number of benzene rings is 1. The van der Waals surface area contributed by atoms with Gasteiger partial charge in [-0.3, -0.25) is 0 Å². The molecular weight excluding hydrogens is 454 g/mol. The Balaban J connectivity index is 1.18. The second-order valence-corrected chi connectivity index (χ2v) is 10.3. The van der Waals surface area contributed by atoms with Gasteiger partial charge in [0.1, 0.15) is 18.5 Å². The van der Waals surface area contributed by atoms with E-state index >= 15 is 0 Å². The Morgan fingerprint density at radius 1 is 1.06 bits per heavy atom. The third kappa shape index (κ3) is 3.93. The number of nitrogens with zero attached hydrogens (tertiary/aromatic N) is 5. The minimum absolute atomic E-state index is 0.540. The van der Waals surface area contributed by atoms with Gasteiger partial charge in [0.05, 0.1) is 11.0 Å². The van der Waals surface area contributed by atoms with E-state index in [1.165, 1.54) is 32.1 Å². The standard InChI is InChI=1S/C23H26BrN7/c24-20-10-26-23(28-19-3-1-2-14(9-19)11-31-13-25-12-27-31)30-22(20)29-21-17-5-15-4-16(7-17)8-18(21)6-15/h1-3,9-10,12-13,15-18,21H,4-8,11H2,(H2,26,28,29,30). The average molecular weight is 480 g/mol. The van der Waals surface area contributed by atoms with E-state index in [1.807, 2.05) is 23.0 Å². The van der Waals surface area contributed by atoms with Crippen LogP contribution >= 0.6 is 15.9 Å². The predicted molar refractivity (Wildman–Crippen MR) is 123 cm³/mol. The van der Waals surface area contributed by atoms with Gasteiger partial charge >= 0.3 is 0 Å². The highest BCUT2D eigenvalue weighted by Crippen LogP contribution is 2.54. The normalized spacial score (nSPS) is 28.6. The van der Waals surface area contributed by atoms with Gasteiger partial charge in [0, 0.05) is 17.9 Å². The van der Waals surface area contributed by atoms with Gasteiger partial charge in [0.2, 0.25) is 5.95 Å². The molecule has 4 saturated carbocycles. The topological polar surface area (TPSA) is 80.6 Å². The Bertz CT molecular complexity index is 1040. The minimum atomic E-state index is 0.540. The van der Waals surface area contributed by atoms with Crippen LogP contribution in [0.2, 0.25) is 0 Å². The molecule has 4 bridgehead atoms. The first-order valence-corrected chi connectivity index (χ1v) is 12.0. The lowest BCUT2D eigenvalue weighted by molar-refractivity contribution is 0.00739. The summed E-state index contributed by atoms with van der Waals surface area (Å²) in [4.78, 5) is 13.3. The van der Waals surface area contributed by atoms with Crippen LogP contribution in [0, 0.1) is 23.7 Å². The van der Waals surface area contributed by atoms with Gasteiger partial charge in [-0.2, -0.15) is 10.1 Å². The van der Waals surface area contributed by atoms with E-state index < -0.39 is 0 Å². The molecule has 0 unspecified atom stereocenters. The van der Waals surface area contributed by atoms with Crippen molar-refractivity contribution < 1.29 is 0 Å². The molecule has 2 N–H and O–H groups in total. The van der Waals surface area contributed by atoms with Crippen LogP contribution in [0.25, 0.3) is 0 Å². The van der Waals surface area contributed by atoms with Gasteiger partial charge < -0.3 is 10.6 Å². The second kappa shape index (κ2) is 7.89. The highest BCUT2D eigenvalue weighted by atomic mass is 79.9. The van der Waals surface area contributed by atoms with Crippen molar-refractivity contribution in [3.8, 4) is 0 Å². The summed E-state index contributed by atoms with van der Waals surface area (Å²) in [5.74, 6) is 5.03. The molecular formula is C23H26BrN7. The molecule has 8 heteroatoms. The Morgan fingerprint density at radius 2 is 1.87 bits per heavy atom. The van der Waals surface area contributed by atoms with Crippen LogP contribution in [0.4, 0.5) is 17.5 Å². The van der Waals surface area contributed by atoms with Crippen molar-refractivity contribution in [3.63, 3.8) is 0 Å². The Kier molecular flexibility index (Phi) is 4.89. The summed E-state index contributed by atoms with van der Waals surface area (Å²) in [6, 6.07) is 8.77. The molecule has 0 aliphatic heterocycles. The summed E-state index contributed by atoms with van der Waals surface area (Å²) >= 11 is 3.66. The molecule has 31 heavy (non-hydrogen) atoms. The Hall–Kier alpha value is -2.48. The highest BCUT2D eigenvalue weighted by Gasteiger charge is 2.48. The second-order valence-electron chi connectivity index (χ2n) is 9.41. The first kappa shape index (κ1) is 19.2. The van der Waals surface area contributed by atoms with Gasteiger partial charge in [0.25, 0.3) is 0 Å². The molecule has 4 aliphatic rings. The molecule has 1 aromatic carbocycles. The fourth-order valence-corrected chi connectivity index (χ4v) is 6.53. The molecule has 4 fully saturated rings. The van der Waals surface area contributed by atoms with E-state index in [-0.39, 0.29) is 0 Å². The zero-order chi connectivity index (χ0) is 20.8. The third-order valence-corrected chi connectivity index (χ3v) is 7.85. The predicted octanol–water partition coefficient (Wildman–Crippen LogP) is 4.86. The molecule has 0 saturated heterocycles. The monoisotopic (exact) mass is 479 g/mol. The van der Waals surface area contributed by atoms with Crippen molar-refractivity contribution in [1.29, 1.82) is 0 Å². The smallest absolute Gasteiger partial charge is 0.229 e. The van der Waals surface area contributed by atoms with Crippen molar-refractivity contribution in [1.82, 2.24) is 24.7 Å². The van der Waals surface area contributed by atoms with Crippen LogP contribution < -0.4 is 10.6 Å². The number of nitrogens with one attached hydrogen (secondary N) is 2. The quantitative estimate of drug-likeness (QED) is 0.525. The lowest BCUT2D eigenvalue weighted by Gasteiger charge is -2.54. The largest absolute Gasteiger partial charge is 0.366 e. The van der Waals surface area contributed by atoms with Gasteiger partial charge in [0.15, 0.2) is 0 Å². The van der Waals surface area contributed by atoms with E-state index in [2.05, 4.69) is 53.8 Å². The number of hydrogen-bond donors (Lipinski definition) is 2. The lowest BCUT2D eigenvalue weighted by Crippen LogP contribution is -2.51. The summed E-state index contributed by atoms with van der Waals surface area (Å²) < 4.78 is 2.73. The van der Waals surface area contributed by atoms with Crippen LogP contribution in [-0.2, 0) is 6.54 Å². The number of aromatic nitrogens is 5. The van der Waals surface area contributed by atoms with Crippen molar-refractivity contribution >= 4 is 33.4 Å². The lowest BCUT2D eigenvalue weighted by atomic mass is 9.54. The maximum Gasteiger partial charge on any atom is 0.229 e. The number of rotatable bonds is 6. The summed E-state index contributed by atoms with van der Waals surface area (Å²) in [7, 11) is 0. The molecule has 0 amide bonds. The van der Waals surface area contributed by atoms with E-state index in [0.717, 1.165) is 45.2 Å². The zero-order valence-electron chi connectivity index (χ0n) is 17.3. The van der Waals surface area contributed by atoms with Crippen LogP contribution in [0.3, 0.4) is 0 Å². The molecule has 7 nitrogen and oxygen atoms in total. The van der Waals surface area contributed by atoms with Gasteiger partial charge in [-0.1, -0.05) is 12.1 Å². The maximum absolute atomic E-state index is 4.82. The molecule has 160 valence electrons. The number of hydrogen-bond acceptors (Lipinski definition) is 6. The van der Waals surface area contributed by atoms with Crippen LogP contribution in [0.1, 0.15) is 37.7 Å². The van der Waals surface area contributed by atoms with Crippen molar-refractivity contribution in [2.45, 2.75) is 44.7 Å². The van der Waals surface area contributed by atoms with E-state index in [0.29, 0.717) is 18.5 Å². The first-order chi connectivity index (χ1) is 15.2. The number of anilines is 3. The summed E-state index contributed by atoms with van der Waals surface area (Å²) in [6.45, 7) is 0.677. The summed E-state index contributed by atoms with van der Waals surface area (Å²) in [5, 5.41) is 11.3. The fraction of sp³-hybridized carbons (Fsp3) is 0.478. The third-order valence-electron chi connectivity index (χ3n) is 7.27. The molecule has 7 rings (SSSR count). The van der Waals surface area contributed by atoms with Gasteiger partial charge in [-0.25, -0.2) is 14.6 Å². The summed E-state index contributed by atoms with van der Waals surface area (Å²) in [6.07, 6.45) is 12.1. The molecule has 0 atom stereocenters. The van der Waals surface area contributed by atoms with E-state index in [1.54, 1.807) is 12.7 Å². The molecule has 0 radical (unpaired) electrons. The van der Waals surface area contributed by atoms with Crippen molar-refractivity contribution in [2.24, 2.45) is 23.7 Å². The van der Waals surface area contributed by atoms with Crippen LogP contribution in [0.15, 0.2) is 47.6 Å². The van der Waals surface area contributed by atoms with Crippen LogP contribution in [0.5, 0.6) is 0 Å². The number of halogens is 1. The summed E-state index contributed by atoms with van der Waals surface area (Å²) in [5.41, 5.74) is 2.10. The highest BCUT2D eigenvalue weighted by molar-refractivity contribution is 9.10. The Morgan fingerprint density at radius 3 is 2.61 bits per heavy atom. The van der Waals surface area contributed by atoms with Gasteiger partial charge in [-0.05, 0) is 89.4 Å². The van der Waals surface area contributed by atoms with Crippen molar-refractivity contribution in [2.75, 3.05) is 10.6 Å².